The molecule has 0 saturated heterocycles. The first-order valence-corrected chi connectivity index (χ1v) is 10.4. The normalized spacial score (nSPS) is 15.8. The first-order valence-electron chi connectivity index (χ1n) is 9.56. The number of hydrogen-bond acceptors (Lipinski definition) is 6. The molecule has 7 heteroatoms. The standard InChI is InChI=1S/C20H25N3O3S/c1-13(24)10-23(11-14-6-5-9-26-14)12-17-21-19(25)18-15-7-3-2-4-8-16(15)27-20(18)22-17/h5-6,9,13,24H,2-4,7-8,10-12H2,1H3,(H,21,22,25). The van der Waals surface area contributed by atoms with Crippen molar-refractivity contribution in [3.05, 3.63) is 50.8 Å². The third-order valence-corrected chi connectivity index (χ3v) is 6.17. The second kappa shape index (κ2) is 7.96. The molecule has 1 atom stereocenters. The lowest BCUT2D eigenvalue weighted by Gasteiger charge is -2.22. The van der Waals surface area contributed by atoms with Gasteiger partial charge in [-0.1, -0.05) is 6.42 Å². The van der Waals surface area contributed by atoms with Crippen LogP contribution in [0.4, 0.5) is 0 Å². The molecule has 0 aromatic carbocycles. The summed E-state index contributed by atoms with van der Waals surface area (Å²) in [5.41, 5.74) is 1.17. The number of nitrogens with zero attached hydrogens (tertiary/aromatic N) is 2. The van der Waals surface area contributed by atoms with Gasteiger partial charge in [0.2, 0.25) is 0 Å². The van der Waals surface area contributed by atoms with Crippen molar-refractivity contribution in [2.45, 2.75) is 58.2 Å². The van der Waals surface area contributed by atoms with E-state index in [0.717, 1.165) is 35.2 Å². The lowest BCUT2D eigenvalue weighted by atomic mass is 10.1. The van der Waals surface area contributed by atoms with Crippen molar-refractivity contribution in [3.8, 4) is 0 Å². The van der Waals surface area contributed by atoms with E-state index >= 15 is 0 Å². The minimum atomic E-state index is -0.479. The fourth-order valence-electron chi connectivity index (χ4n) is 3.85. The van der Waals surface area contributed by atoms with Gasteiger partial charge in [-0.25, -0.2) is 4.98 Å². The van der Waals surface area contributed by atoms with Crippen LogP contribution in [-0.4, -0.2) is 32.6 Å². The molecule has 0 spiro atoms. The Kier molecular flexibility index (Phi) is 5.43. The average molecular weight is 388 g/mol. The maximum absolute atomic E-state index is 12.8. The summed E-state index contributed by atoms with van der Waals surface area (Å²) in [4.78, 5) is 24.7. The van der Waals surface area contributed by atoms with Gasteiger partial charge in [-0.3, -0.25) is 9.69 Å². The maximum atomic E-state index is 12.8. The number of furan rings is 1. The van der Waals surface area contributed by atoms with Gasteiger partial charge < -0.3 is 14.5 Å². The Morgan fingerprint density at radius 2 is 2.19 bits per heavy atom. The molecule has 27 heavy (non-hydrogen) atoms. The molecule has 1 aliphatic rings. The summed E-state index contributed by atoms with van der Waals surface area (Å²) in [5.74, 6) is 1.46. The van der Waals surface area contributed by atoms with Crippen molar-refractivity contribution in [1.29, 1.82) is 0 Å². The Bertz CT molecular complexity index is 959. The Labute approximate surface area is 161 Å². The maximum Gasteiger partial charge on any atom is 0.259 e. The van der Waals surface area contributed by atoms with Crippen LogP contribution in [0.15, 0.2) is 27.6 Å². The van der Waals surface area contributed by atoms with Crippen LogP contribution in [-0.2, 0) is 25.9 Å². The van der Waals surface area contributed by atoms with Crippen LogP contribution in [0.25, 0.3) is 10.2 Å². The smallest absolute Gasteiger partial charge is 0.259 e. The molecule has 1 unspecified atom stereocenters. The minimum Gasteiger partial charge on any atom is -0.468 e. The summed E-state index contributed by atoms with van der Waals surface area (Å²) in [6, 6.07) is 3.76. The summed E-state index contributed by atoms with van der Waals surface area (Å²) in [6.07, 6.45) is 6.76. The highest BCUT2D eigenvalue weighted by Crippen LogP contribution is 2.32. The number of aryl methyl sites for hydroxylation is 2. The number of nitrogens with one attached hydrogen (secondary N) is 1. The molecule has 0 saturated carbocycles. The number of rotatable bonds is 6. The van der Waals surface area contributed by atoms with Crippen LogP contribution in [0.5, 0.6) is 0 Å². The second-order valence-corrected chi connectivity index (χ2v) is 8.44. The molecule has 0 aliphatic heterocycles. The van der Waals surface area contributed by atoms with E-state index in [1.807, 2.05) is 17.0 Å². The Balaban J connectivity index is 1.63. The van der Waals surface area contributed by atoms with Crippen LogP contribution < -0.4 is 5.56 Å². The highest BCUT2D eigenvalue weighted by atomic mass is 32.1. The molecular formula is C20H25N3O3S. The molecule has 0 bridgehead atoms. The Morgan fingerprint density at radius 1 is 1.33 bits per heavy atom. The molecule has 0 amide bonds. The van der Waals surface area contributed by atoms with Crippen LogP contribution in [0.1, 0.15) is 48.2 Å². The first-order chi connectivity index (χ1) is 13.1. The highest BCUT2D eigenvalue weighted by Gasteiger charge is 2.20. The summed E-state index contributed by atoms with van der Waals surface area (Å²) in [7, 11) is 0. The zero-order chi connectivity index (χ0) is 18.8. The van der Waals surface area contributed by atoms with Crippen LogP contribution in [0, 0.1) is 0 Å². The molecule has 6 nitrogen and oxygen atoms in total. The van der Waals surface area contributed by atoms with E-state index in [1.54, 1.807) is 24.5 Å². The molecule has 0 fully saturated rings. The fraction of sp³-hybridized carbons (Fsp3) is 0.500. The number of thiophene rings is 1. The third-order valence-electron chi connectivity index (χ3n) is 4.98. The van der Waals surface area contributed by atoms with Gasteiger partial charge in [-0.2, -0.15) is 0 Å². The molecular weight excluding hydrogens is 362 g/mol. The first kappa shape index (κ1) is 18.4. The Hall–Kier alpha value is -1.96. The van der Waals surface area contributed by atoms with Crippen molar-refractivity contribution in [2.24, 2.45) is 0 Å². The van der Waals surface area contributed by atoms with Gasteiger partial charge in [0.1, 0.15) is 16.4 Å². The van der Waals surface area contributed by atoms with Crippen LogP contribution in [0.3, 0.4) is 0 Å². The van der Waals surface area contributed by atoms with Gasteiger partial charge in [0, 0.05) is 11.4 Å². The van der Waals surface area contributed by atoms with E-state index in [2.05, 4.69) is 4.98 Å². The van der Waals surface area contributed by atoms with Crippen LogP contribution in [0.2, 0.25) is 0 Å². The number of aromatic amines is 1. The molecule has 3 aromatic heterocycles. The van der Waals surface area contributed by atoms with Gasteiger partial charge in [-0.15, -0.1) is 11.3 Å². The second-order valence-electron chi connectivity index (χ2n) is 7.36. The number of hydrogen-bond donors (Lipinski definition) is 2. The topological polar surface area (TPSA) is 82.4 Å². The molecule has 2 N–H and O–H groups in total. The SMILES string of the molecule is CC(O)CN(Cc1nc2sc3c(c2c(=O)[nH]1)CCCCC3)Cc1ccco1. The summed E-state index contributed by atoms with van der Waals surface area (Å²) < 4.78 is 5.43. The van der Waals surface area contributed by atoms with Crippen molar-refractivity contribution >= 4 is 21.6 Å². The number of H-pyrrole nitrogens is 1. The fourth-order valence-corrected chi connectivity index (χ4v) is 5.13. The number of aliphatic hydroxyl groups excluding tert-OH is 1. The lowest BCUT2D eigenvalue weighted by molar-refractivity contribution is 0.111. The van der Waals surface area contributed by atoms with E-state index in [9.17, 15) is 9.90 Å². The van der Waals surface area contributed by atoms with Crippen molar-refractivity contribution in [1.82, 2.24) is 14.9 Å². The molecule has 1 aliphatic carbocycles. The van der Waals surface area contributed by atoms with Gasteiger partial charge in [0.25, 0.3) is 5.56 Å². The zero-order valence-corrected chi connectivity index (χ0v) is 16.3. The van der Waals surface area contributed by atoms with E-state index < -0.39 is 6.10 Å². The largest absolute Gasteiger partial charge is 0.468 e. The average Bonchev–Trinajstić information content (AvgIpc) is 3.16. The highest BCUT2D eigenvalue weighted by molar-refractivity contribution is 7.18. The van der Waals surface area contributed by atoms with E-state index in [4.69, 9.17) is 9.40 Å². The predicted octanol–water partition coefficient (Wildman–Crippen LogP) is 3.23. The zero-order valence-electron chi connectivity index (χ0n) is 15.5. The van der Waals surface area contributed by atoms with Gasteiger partial charge >= 0.3 is 0 Å². The van der Waals surface area contributed by atoms with Gasteiger partial charge in [-0.05, 0) is 50.3 Å². The molecule has 0 radical (unpaired) electrons. The van der Waals surface area contributed by atoms with Crippen molar-refractivity contribution in [3.63, 3.8) is 0 Å². The summed E-state index contributed by atoms with van der Waals surface area (Å²) in [5, 5.41) is 10.6. The minimum absolute atomic E-state index is 0.0376. The van der Waals surface area contributed by atoms with Crippen LogP contribution >= 0.6 is 11.3 Å². The third kappa shape index (κ3) is 4.15. The number of aliphatic hydroxyl groups is 1. The molecule has 3 heterocycles. The molecule has 3 aromatic rings. The monoisotopic (exact) mass is 387 g/mol. The van der Waals surface area contributed by atoms with Gasteiger partial charge in [0.05, 0.1) is 30.8 Å². The summed E-state index contributed by atoms with van der Waals surface area (Å²) >= 11 is 1.67. The van der Waals surface area contributed by atoms with E-state index in [0.29, 0.717) is 25.5 Å². The Morgan fingerprint density at radius 3 is 2.96 bits per heavy atom. The number of fused-ring (bicyclic) bond motifs is 3. The lowest BCUT2D eigenvalue weighted by Crippen LogP contribution is -2.31. The molecule has 4 rings (SSSR count). The predicted molar refractivity (Wildman–Crippen MR) is 106 cm³/mol. The quantitative estimate of drug-likeness (QED) is 0.635. The van der Waals surface area contributed by atoms with E-state index in [-0.39, 0.29) is 5.56 Å². The molecule has 144 valence electrons. The summed E-state index contributed by atoms with van der Waals surface area (Å²) in [6.45, 7) is 3.24. The van der Waals surface area contributed by atoms with E-state index in [1.165, 1.54) is 23.3 Å². The van der Waals surface area contributed by atoms with Crippen molar-refractivity contribution < 1.29 is 9.52 Å². The number of aromatic nitrogens is 2. The van der Waals surface area contributed by atoms with Gasteiger partial charge in [0.15, 0.2) is 0 Å². The van der Waals surface area contributed by atoms with Crippen molar-refractivity contribution in [2.75, 3.05) is 6.54 Å².